The van der Waals surface area contributed by atoms with E-state index < -0.39 is 6.10 Å². The fourth-order valence-electron chi connectivity index (χ4n) is 2.63. The topological polar surface area (TPSA) is 32.7 Å². The average molecular weight is 269 g/mol. The van der Waals surface area contributed by atoms with Crippen LogP contribution in [0.15, 0.2) is 11.4 Å². The van der Waals surface area contributed by atoms with Crippen LogP contribution in [0, 0.1) is 6.92 Å². The van der Waals surface area contributed by atoms with E-state index in [9.17, 15) is 5.11 Å². The molecule has 1 aliphatic heterocycles. The van der Waals surface area contributed by atoms with E-state index in [2.05, 4.69) is 37.1 Å². The largest absolute Gasteiger partial charge is 0.386 e. The van der Waals surface area contributed by atoms with Crippen molar-refractivity contribution in [2.45, 2.75) is 38.8 Å². The van der Waals surface area contributed by atoms with Gasteiger partial charge in [-0.3, -0.25) is 4.90 Å². The minimum absolute atomic E-state index is 0.197. The van der Waals surface area contributed by atoms with Crippen LogP contribution in [0.25, 0.3) is 0 Å². The molecular formula is C14H23NO2S. The Labute approximate surface area is 113 Å². The van der Waals surface area contributed by atoms with Gasteiger partial charge in [-0.2, -0.15) is 0 Å². The maximum absolute atomic E-state index is 10.7. The van der Waals surface area contributed by atoms with Gasteiger partial charge in [-0.1, -0.05) is 6.92 Å². The summed E-state index contributed by atoms with van der Waals surface area (Å²) in [5.41, 5.74) is 0.852. The second kappa shape index (κ2) is 5.70. The Bertz CT molecular complexity index is 387. The Hall–Kier alpha value is -0.420. The zero-order valence-electron chi connectivity index (χ0n) is 11.5. The van der Waals surface area contributed by atoms with E-state index >= 15 is 0 Å². The molecule has 0 aromatic carbocycles. The molecule has 0 radical (unpaired) electrons. The number of aliphatic hydroxyl groups is 1. The van der Waals surface area contributed by atoms with Crippen molar-refractivity contribution in [3.63, 3.8) is 0 Å². The molecule has 2 rings (SSSR count). The van der Waals surface area contributed by atoms with Gasteiger partial charge < -0.3 is 9.84 Å². The molecule has 1 aromatic heterocycles. The number of aryl methyl sites for hydroxylation is 1. The predicted molar refractivity (Wildman–Crippen MR) is 75.1 cm³/mol. The highest BCUT2D eigenvalue weighted by molar-refractivity contribution is 7.10. The van der Waals surface area contributed by atoms with Crippen LogP contribution in [0.2, 0.25) is 0 Å². The molecule has 0 spiro atoms. The number of thiophene rings is 1. The van der Waals surface area contributed by atoms with Gasteiger partial charge >= 0.3 is 0 Å². The first-order valence-electron chi connectivity index (χ1n) is 6.64. The fourth-order valence-corrected chi connectivity index (χ4v) is 3.35. The van der Waals surface area contributed by atoms with Gasteiger partial charge in [-0.15, -0.1) is 11.3 Å². The second-order valence-corrected chi connectivity index (χ2v) is 6.32. The number of aliphatic hydroxyl groups excluding tert-OH is 1. The summed E-state index contributed by atoms with van der Waals surface area (Å²) in [4.78, 5) is 3.62. The molecule has 0 bridgehead atoms. The summed E-state index contributed by atoms with van der Waals surface area (Å²) in [6.45, 7) is 9.75. The molecule has 2 atom stereocenters. The van der Waals surface area contributed by atoms with Gasteiger partial charge in [0.2, 0.25) is 0 Å². The first kappa shape index (κ1) is 14.0. The van der Waals surface area contributed by atoms with Crippen LogP contribution < -0.4 is 0 Å². The van der Waals surface area contributed by atoms with Gasteiger partial charge in [-0.05, 0) is 37.3 Å². The molecule has 0 saturated carbocycles. The van der Waals surface area contributed by atoms with Crippen molar-refractivity contribution >= 4 is 11.3 Å². The molecule has 2 heterocycles. The average Bonchev–Trinajstić information content (AvgIpc) is 2.84. The highest BCUT2D eigenvalue weighted by Crippen LogP contribution is 2.36. The third-order valence-electron chi connectivity index (χ3n) is 4.10. The van der Waals surface area contributed by atoms with Crippen LogP contribution in [0.5, 0.6) is 0 Å². The van der Waals surface area contributed by atoms with Crippen molar-refractivity contribution in [1.29, 1.82) is 0 Å². The summed E-state index contributed by atoms with van der Waals surface area (Å²) >= 11 is 1.70. The summed E-state index contributed by atoms with van der Waals surface area (Å²) in [7, 11) is 0. The van der Waals surface area contributed by atoms with E-state index in [4.69, 9.17) is 4.74 Å². The van der Waals surface area contributed by atoms with E-state index in [1.807, 2.05) is 0 Å². The molecule has 0 amide bonds. The van der Waals surface area contributed by atoms with Crippen molar-refractivity contribution < 1.29 is 9.84 Å². The molecule has 3 nitrogen and oxygen atoms in total. The maximum atomic E-state index is 10.7. The first-order chi connectivity index (χ1) is 8.58. The zero-order valence-corrected chi connectivity index (χ0v) is 12.3. The number of hydrogen-bond acceptors (Lipinski definition) is 4. The molecule has 1 aliphatic rings. The highest BCUT2D eigenvalue weighted by atomic mass is 32.1. The molecular weight excluding hydrogens is 246 g/mol. The molecule has 0 aliphatic carbocycles. The fraction of sp³-hybridized carbons (Fsp3) is 0.714. The molecule has 1 aromatic rings. The predicted octanol–water partition coefficient (Wildman–Crippen LogP) is 2.59. The molecule has 1 saturated heterocycles. The molecule has 1 N–H and O–H groups in total. The van der Waals surface area contributed by atoms with Gasteiger partial charge in [0.1, 0.15) is 0 Å². The minimum atomic E-state index is -0.425. The summed E-state index contributed by atoms with van der Waals surface area (Å²) < 4.78 is 5.41. The smallest absolute Gasteiger partial charge is 0.0978 e. The van der Waals surface area contributed by atoms with E-state index in [-0.39, 0.29) is 5.54 Å². The summed E-state index contributed by atoms with van der Waals surface area (Å²) in [6, 6.07) is 2.10. The van der Waals surface area contributed by atoms with Gasteiger partial charge in [0.15, 0.2) is 0 Å². The van der Waals surface area contributed by atoms with Crippen molar-refractivity contribution in [2.24, 2.45) is 0 Å². The van der Waals surface area contributed by atoms with Gasteiger partial charge in [0.05, 0.1) is 19.3 Å². The lowest BCUT2D eigenvalue weighted by Crippen LogP contribution is -2.54. The van der Waals surface area contributed by atoms with Gasteiger partial charge in [0.25, 0.3) is 0 Å². The lowest BCUT2D eigenvalue weighted by Gasteiger charge is -2.45. The molecule has 4 heteroatoms. The van der Waals surface area contributed by atoms with Crippen LogP contribution in [0.4, 0.5) is 0 Å². The Morgan fingerprint density at radius 3 is 2.67 bits per heavy atom. The molecule has 102 valence electrons. The third-order valence-corrected chi connectivity index (χ3v) is 4.98. The standard InChI is InChI=1S/C14H23NO2S/c1-4-14(3,15-5-7-17-8-6-15)13(16)12-9-11(2)18-10-12/h9-10,13,16H,4-8H2,1-3H3. The molecule has 2 unspecified atom stereocenters. The monoisotopic (exact) mass is 269 g/mol. The van der Waals surface area contributed by atoms with Crippen LogP contribution in [0.3, 0.4) is 0 Å². The van der Waals surface area contributed by atoms with Crippen LogP contribution in [-0.2, 0) is 4.74 Å². The summed E-state index contributed by atoms with van der Waals surface area (Å²) in [6.07, 6.45) is 0.508. The van der Waals surface area contributed by atoms with E-state index in [0.29, 0.717) is 0 Å². The van der Waals surface area contributed by atoms with Gasteiger partial charge in [-0.25, -0.2) is 0 Å². The Morgan fingerprint density at radius 1 is 1.50 bits per heavy atom. The SMILES string of the molecule is CCC(C)(C(O)c1csc(C)c1)N1CCOCC1. The minimum Gasteiger partial charge on any atom is -0.386 e. The van der Waals surface area contributed by atoms with Gasteiger partial charge in [0, 0.05) is 23.5 Å². The lowest BCUT2D eigenvalue weighted by molar-refractivity contribution is -0.0733. The zero-order chi connectivity index (χ0) is 13.2. The Kier molecular flexibility index (Phi) is 4.43. The summed E-state index contributed by atoms with van der Waals surface area (Å²) in [5.74, 6) is 0. The molecule has 18 heavy (non-hydrogen) atoms. The van der Waals surface area contributed by atoms with Crippen molar-refractivity contribution in [2.75, 3.05) is 26.3 Å². The third kappa shape index (κ3) is 2.62. The van der Waals surface area contributed by atoms with E-state index in [0.717, 1.165) is 38.3 Å². The number of rotatable bonds is 4. The summed E-state index contributed by atoms with van der Waals surface area (Å²) in [5, 5.41) is 12.8. The number of nitrogens with zero attached hydrogens (tertiary/aromatic N) is 1. The van der Waals surface area contributed by atoms with Crippen molar-refractivity contribution in [3.05, 3.63) is 21.9 Å². The van der Waals surface area contributed by atoms with E-state index in [1.54, 1.807) is 11.3 Å². The first-order valence-corrected chi connectivity index (χ1v) is 7.52. The van der Waals surface area contributed by atoms with Crippen LogP contribution in [0.1, 0.15) is 36.8 Å². The Morgan fingerprint density at radius 2 is 2.17 bits per heavy atom. The Balaban J connectivity index is 2.19. The number of morpholine rings is 1. The highest BCUT2D eigenvalue weighted by Gasteiger charge is 2.39. The molecule has 1 fully saturated rings. The normalized spacial score (nSPS) is 22.7. The lowest BCUT2D eigenvalue weighted by atomic mass is 9.85. The van der Waals surface area contributed by atoms with Crippen LogP contribution >= 0.6 is 11.3 Å². The van der Waals surface area contributed by atoms with E-state index in [1.165, 1.54) is 4.88 Å². The second-order valence-electron chi connectivity index (χ2n) is 5.20. The number of hydrogen-bond donors (Lipinski definition) is 1. The quantitative estimate of drug-likeness (QED) is 0.912. The maximum Gasteiger partial charge on any atom is 0.0978 e. The number of ether oxygens (including phenoxy) is 1. The van der Waals surface area contributed by atoms with Crippen molar-refractivity contribution in [3.8, 4) is 0 Å². The van der Waals surface area contributed by atoms with Crippen molar-refractivity contribution in [1.82, 2.24) is 4.90 Å². The van der Waals surface area contributed by atoms with Crippen LogP contribution in [-0.4, -0.2) is 41.8 Å².